The van der Waals surface area contributed by atoms with Gasteiger partial charge in [0.1, 0.15) is 0 Å². The minimum absolute atomic E-state index is 0.0247. The van der Waals surface area contributed by atoms with Gasteiger partial charge < -0.3 is 15.3 Å². The minimum atomic E-state index is -0.651. The van der Waals surface area contributed by atoms with Gasteiger partial charge >= 0.3 is 6.03 Å². The van der Waals surface area contributed by atoms with Crippen LogP contribution in [0.1, 0.15) is 65.2 Å². The van der Waals surface area contributed by atoms with Crippen molar-refractivity contribution in [3.8, 4) is 0 Å². The quantitative estimate of drug-likeness (QED) is 0.837. The molecule has 0 atom stereocenters. The summed E-state index contributed by atoms with van der Waals surface area (Å²) in [4.78, 5) is 13.9. The highest BCUT2D eigenvalue weighted by molar-refractivity contribution is 5.74. The van der Waals surface area contributed by atoms with Gasteiger partial charge in [0.15, 0.2) is 0 Å². The highest BCUT2D eigenvalue weighted by Crippen LogP contribution is 2.31. The van der Waals surface area contributed by atoms with E-state index in [9.17, 15) is 9.90 Å². The van der Waals surface area contributed by atoms with Gasteiger partial charge in [0.05, 0.1) is 12.1 Å². The molecule has 2 aliphatic rings. The van der Waals surface area contributed by atoms with E-state index in [1.807, 2.05) is 0 Å². The van der Waals surface area contributed by atoms with Crippen LogP contribution in [-0.2, 0) is 0 Å². The third kappa shape index (κ3) is 4.60. The molecule has 0 aromatic heterocycles. The summed E-state index contributed by atoms with van der Waals surface area (Å²) in [5, 5.41) is 13.5. The molecule has 0 saturated heterocycles. The predicted molar refractivity (Wildman–Crippen MR) is 85.2 cm³/mol. The molecule has 0 aromatic carbocycles. The SMILES string of the molecule is CC(C)C1CCC(NC(=O)N(C)CC2(O)CCCC2)CC1. The van der Waals surface area contributed by atoms with Crippen molar-refractivity contribution in [1.82, 2.24) is 10.2 Å². The average Bonchev–Trinajstić information content (AvgIpc) is 2.85. The van der Waals surface area contributed by atoms with Gasteiger partial charge in [-0.25, -0.2) is 4.79 Å². The Morgan fingerprint density at radius 3 is 2.33 bits per heavy atom. The second-order valence-corrected chi connectivity index (χ2v) is 7.59. The summed E-state index contributed by atoms with van der Waals surface area (Å²) in [6.07, 6.45) is 8.41. The van der Waals surface area contributed by atoms with E-state index in [4.69, 9.17) is 0 Å². The lowest BCUT2D eigenvalue weighted by Gasteiger charge is -2.34. The molecule has 2 aliphatic carbocycles. The van der Waals surface area contributed by atoms with E-state index in [0.717, 1.165) is 50.4 Å². The summed E-state index contributed by atoms with van der Waals surface area (Å²) in [6.45, 7) is 5.04. The van der Waals surface area contributed by atoms with Crippen LogP contribution in [-0.4, -0.2) is 41.3 Å². The number of likely N-dealkylation sites (N-methyl/N-ethyl adjacent to an activating group) is 1. The molecule has 2 rings (SSSR count). The molecule has 0 heterocycles. The van der Waals surface area contributed by atoms with Crippen LogP contribution in [0, 0.1) is 11.8 Å². The number of nitrogens with zero attached hydrogens (tertiary/aromatic N) is 1. The lowest BCUT2D eigenvalue weighted by molar-refractivity contribution is 0.0242. The largest absolute Gasteiger partial charge is 0.388 e. The summed E-state index contributed by atoms with van der Waals surface area (Å²) in [7, 11) is 1.80. The number of nitrogens with one attached hydrogen (secondary N) is 1. The monoisotopic (exact) mass is 296 g/mol. The Balaban J connectivity index is 1.74. The van der Waals surface area contributed by atoms with Gasteiger partial charge in [0.2, 0.25) is 0 Å². The molecular formula is C17H32N2O2. The molecule has 0 spiro atoms. The molecule has 0 unspecified atom stereocenters. The minimum Gasteiger partial charge on any atom is -0.388 e. The maximum absolute atomic E-state index is 12.3. The van der Waals surface area contributed by atoms with Crippen LogP contribution in [0.15, 0.2) is 0 Å². The lowest BCUT2D eigenvalue weighted by atomic mass is 9.80. The van der Waals surface area contributed by atoms with Gasteiger partial charge in [0, 0.05) is 13.1 Å². The fraction of sp³-hybridized carbons (Fsp3) is 0.941. The summed E-state index contributed by atoms with van der Waals surface area (Å²) in [5.74, 6) is 1.57. The van der Waals surface area contributed by atoms with Crippen LogP contribution in [0.25, 0.3) is 0 Å². The van der Waals surface area contributed by atoms with Gasteiger partial charge in [-0.3, -0.25) is 0 Å². The van der Waals surface area contributed by atoms with Gasteiger partial charge in [0.25, 0.3) is 0 Å². The molecule has 4 heteroatoms. The number of hydrogen-bond donors (Lipinski definition) is 2. The molecule has 0 aromatic rings. The number of rotatable bonds is 4. The van der Waals surface area contributed by atoms with Gasteiger partial charge in [-0.1, -0.05) is 26.7 Å². The highest BCUT2D eigenvalue weighted by Gasteiger charge is 2.34. The Labute approximate surface area is 129 Å². The molecule has 2 N–H and O–H groups in total. The molecule has 2 fully saturated rings. The van der Waals surface area contributed by atoms with E-state index in [-0.39, 0.29) is 6.03 Å². The topological polar surface area (TPSA) is 52.6 Å². The van der Waals surface area contributed by atoms with E-state index in [0.29, 0.717) is 12.6 Å². The van der Waals surface area contributed by atoms with Crippen LogP contribution in [0.5, 0.6) is 0 Å². The van der Waals surface area contributed by atoms with E-state index < -0.39 is 5.60 Å². The third-order valence-electron chi connectivity index (χ3n) is 5.45. The molecule has 4 nitrogen and oxygen atoms in total. The number of carbonyl (C=O) groups is 1. The molecule has 2 saturated carbocycles. The first-order chi connectivity index (χ1) is 9.89. The standard InChI is InChI=1S/C17H32N2O2/c1-13(2)14-6-8-15(9-7-14)18-16(20)19(3)12-17(21)10-4-5-11-17/h13-15,21H,4-12H2,1-3H3,(H,18,20). The molecular weight excluding hydrogens is 264 g/mol. The highest BCUT2D eigenvalue weighted by atomic mass is 16.3. The number of carbonyl (C=O) groups excluding carboxylic acids is 1. The molecule has 0 bridgehead atoms. The molecule has 21 heavy (non-hydrogen) atoms. The average molecular weight is 296 g/mol. The predicted octanol–water partition coefficient (Wildman–Crippen LogP) is 3.15. The number of hydrogen-bond acceptors (Lipinski definition) is 2. The van der Waals surface area contributed by atoms with E-state index >= 15 is 0 Å². The second-order valence-electron chi connectivity index (χ2n) is 7.59. The summed E-state index contributed by atoms with van der Waals surface area (Å²) < 4.78 is 0. The maximum Gasteiger partial charge on any atom is 0.317 e. The van der Waals surface area contributed by atoms with Crippen LogP contribution < -0.4 is 5.32 Å². The Morgan fingerprint density at radius 1 is 1.24 bits per heavy atom. The third-order valence-corrected chi connectivity index (χ3v) is 5.45. The Kier molecular flexibility index (Phi) is 5.53. The van der Waals surface area contributed by atoms with Gasteiger partial charge in [-0.2, -0.15) is 0 Å². The summed E-state index contributed by atoms with van der Waals surface area (Å²) in [6, 6.07) is 0.288. The van der Waals surface area contributed by atoms with Crippen LogP contribution >= 0.6 is 0 Å². The van der Waals surface area contributed by atoms with Crippen molar-refractivity contribution in [3.63, 3.8) is 0 Å². The van der Waals surface area contributed by atoms with Crippen LogP contribution in [0.2, 0.25) is 0 Å². The van der Waals surface area contributed by atoms with E-state index in [1.54, 1.807) is 11.9 Å². The van der Waals surface area contributed by atoms with E-state index in [2.05, 4.69) is 19.2 Å². The van der Waals surface area contributed by atoms with Crippen molar-refractivity contribution in [2.45, 2.75) is 76.9 Å². The number of amides is 2. The van der Waals surface area contributed by atoms with Crippen molar-refractivity contribution in [3.05, 3.63) is 0 Å². The summed E-state index contributed by atoms with van der Waals surface area (Å²) >= 11 is 0. The fourth-order valence-electron chi connectivity index (χ4n) is 3.92. The number of aliphatic hydroxyl groups is 1. The second kappa shape index (κ2) is 6.99. The maximum atomic E-state index is 12.3. The first-order valence-electron chi connectivity index (χ1n) is 8.64. The van der Waals surface area contributed by atoms with Gasteiger partial charge in [-0.05, 0) is 50.4 Å². The Bertz CT molecular complexity index is 343. The zero-order chi connectivity index (χ0) is 15.5. The summed E-state index contributed by atoms with van der Waals surface area (Å²) in [5.41, 5.74) is -0.651. The zero-order valence-electron chi connectivity index (χ0n) is 13.9. The van der Waals surface area contributed by atoms with Crippen molar-refractivity contribution in [1.29, 1.82) is 0 Å². The van der Waals surface area contributed by atoms with Crippen molar-refractivity contribution < 1.29 is 9.90 Å². The smallest absolute Gasteiger partial charge is 0.317 e. The van der Waals surface area contributed by atoms with Crippen LogP contribution in [0.4, 0.5) is 4.79 Å². The first-order valence-corrected chi connectivity index (χ1v) is 8.64. The first kappa shape index (κ1) is 16.6. The molecule has 0 radical (unpaired) electrons. The van der Waals surface area contributed by atoms with Crippen molar-refractivity contribution in [2.24, 2.45) is 11.8 Å². The molecule has 122 valence electrons. The normalized spacial score (nSPS) is 28.6. The van der Waals surface area contributed by atoms with Crippen molar-refractivity contribution >= 4 is 6.03 Å². The molecule has 0 aliphatic heterocycles. The lowest BCUT2D eigenvalue weighted by Crippen LogP contribution is -2.49. The Morgan fingerprint density at radius 2 is 1.81 bits per heavy atom. The zero-order valence-corrected chi connectivity index (χ0v) is 13.9. The van der Waals surface area contributed by atoms with Crippen LogP contribution in [0.3, 0.4) is 0 Å². The molecule has 2 amide bonds. The fourth-order valence-corrected chi connectivity index (χ4v) is 3.92. The Hall–Kier alpha value is -0.770. The van der Waals surface area contributed by atoms with E-state index in [1.165, 1.54) is 12.8 Å². The van der Waals surface area contributed by atoms with Gasteiger partial charge in [-0.15, -0.1) is 0 Å². The van der Waals surface area contributed by atoms with Crippen molar-refractivity contribution in [2.75, 3.05) is 13.6 Å². The number of urea groups is 1.